The Kier molecular flexibility index (Phi) is 5.48. The minimum Gasteiger partial charge on any atom is -0.354 e. The molecule has 0 radical (unpaired) electrons. The summed E-state index contributed by atoms with van der Waals surface area (Å²) in [7, 11) is 0. The van der Waals surface area contributed by atoms with Gasteiger partial charge < -0.3 is 9.84 Å². The van der Waals surface area contributed by atoms with Crippen molar-refractivity contribution < 1.29 is 24.3 Å². The number of fused-ring (bicyclic) bond motifs is 1. The molecule has 0 bridgehead atoms. The number of amides is 2. The Hall–Kier alpha value is -1.80. The molecule has 2 rings (SSSR count). The van der Waals surface area contributed by atoms with Gasteiger partial charge >= 0.3 is 0 Å². The van der Waals surface area contributed by atoms with Crippen molar-refractivity contribution in [1.82, 2.24) is 10.4 Å². The van der Waals surface area contributed by atoms with Crippen LogP contribution >= 0.6 is 0 Å². The van der Waals surface area contributed by atoms with Crippen molar-refractivity contribution in [1.29, 1.82) is 0 Å². The van der Waals surface area contributed by atoms with Gasteiger partial charge in [-0.3, -0.25) is 19.3 Å². The van der Waals surface area contributed by atoms with Gasteiger partial charge in [0.1, 0.15) is 0 Å². The van der Waals surface area contributed by atoms with E-state index in [1.165, 1.54) is 4.90 Å². The van der Waals surface area contributed by atoms with E-state index in [0.29, 0.717) is 17.5 Å². The van der Waals surface area contributed by atoms with Crippen LogP contribution in [-0.4, -0.2) is 47.0 Å². The molecule has 1 aromatic carbocycles. The molecule has 0 spiro atoms. The summed E-state index contributed by atoms with van der Waals surface area (Å²) in [6, 6.07) is 6.76. The Morgan fingerprint density at radius 2 is 1.74 bits per heavy atom. The molecule has 0 saturated carbocycles. The minimum absolute atomic E-state index is 0.220. The zero-order chi connectivity index (χ0) is 17.0. The van der Waals surface area contributed by atoms with Gasteiger partial charge in [0.05, 0.1) is 23.3 Å². The van der Waals surface area contributed by atoms with Crippen molar-refractivity contribution in [2.24, 2.45) is 0 Å². The lowest BCUT2D eigenvalue weighted by molar-refractivity contribution is -0.234. The number of aliphatic hydroxyl groups is 1. The number of carbonyl (C=O) groups excluding carboxylic acids is 2. The number of imide groups is 1. The number of hydrogen-bond donors (Lipinski definition) is 2. The van der Waals surface area contributed by atoms with Crippen LogP contribution in [0.4, 0.5) is 0 Å². The molecule has 1 unspecified atom stereocenters. The monoisotopic (exact) mass is 322 g/mol. The van der Waals surface area contributed by atoms with Gasteiger partial charge in [0.15, 0.2) is 0 Å². The molecule has 0 fully saturated rings. The molecule has 23 heavy (non-hydrogen) atoms. The van der Waals surface area contributed by atoms with Crippen molar-refractivity contribution in [3.8, 4) is 0 Å². The number of ether oxygens (including phenoxy) is 1. The van der Waals surface area contributed by atoms with Gasteiger partial charge in [0.25, 0.3) is 11.8 Å². The Balaban J connectivity index is 1.72. The maximum absolute atomic E-state index is 12.1. The number of hydrogen-bond acceptors (Lipinski definition) is 6. The maximum atomic E-state index is 12.1. The Bertz CT molecular complexity index is 547. The molecule has 1 aromatic rings. The minimum atomic E-state index is -1.24. The zero-order valence-corrected chi connectivity index (χ0v) is 13.5. The summed E-state index contributed by atoms with van der Waals surface area (Å²) in [6.45, 7) is 5.89. The number of benzene rings is 1. The second-order valence-electron chi connectivity index (χ2n) is 6.21. The van der Waals surface area contributed by atoms with Crippen molar-refractivity contribution in [2.45, 2.75) is 39.2 Å². The molecule has 1 heterocycles. The number of rotatable bonds is 7. The molecule has 1 aliphatic heterocycles. The lowest BCUT2D eigenvalue weighted by Gasteiger charge is -2.24. The third kappa shape index (κ3) is 4.59. The Labute approximate surface area is 135 Å². The van der Waals surface area contributed by atoms with Crippen LogP contribution in [0.1, 0.15) is 47.9 Å². The van der Waals surface area contributed by atoms with Crippen molar-refractivity contribution in [3.05, 3.63) is 35.4 Å². The topological polar surface area (TPSA) is 88.1 Å². The van der Waals surface area contributed by atoms with E-state index in [1.807, 2.05) is 0 Å². The Morgan fingerprint density at radius 3 is 2.26 bits per heavy atom. The van der Waals surface area contributed by atoms with E-state index in [-0.39, 0.29) is 25.0 Å². The van der Waals surface area contributed by atoms with Gasteiger partial charge in [0.2, 0.25) is 6.41 Å². The van der Waals surface area contributed by atoms with E-state index in [2.05, 4.69) is 5.48 Å². The number of nitrogens with zero attached hydrogens (tertiary/aromatic N) is 1. The highest BCUT2D eigenvalue weighted by Gasteiger charge is 2.34. The second-order valence-corrected chi connectivity index (χ2v) is 6.21. The molecule has 1 atom stereocenters. The summed E-state index contributed by atoms with van der Waals surface area (Å²) in [4.78, 5) is 30.5. The van der Waals surface area contributed by atoms with E-state index >= 15 is 0 Å². The van der Waals surface area contributed by atoms with Gasteiger partial charge in [-0.05, 0) is 39.3 Å². The first-order valence-corrected chi connectivity index (χ1v) is 7.48. The highest BCUT2D eigenvalue weighted by molar-refractivity contribution is 6.21. The van der Waals surface area contributed by atoms with Gasteiger partial charge in [-0.1, -0.05) is 12.1 Å². The Morgan fingerprint density at radius 1 is 1.17 bits per heavy atom. The van der Waals surface area contributed by atoms with Crippen LogP contribution in [-0.2, 0) is 9.57 Å². The van der Waals surface area contributed by atoms with E-state index < -0.39 is 12.0 Å². The quantitative estimate of drug-likeness (QED) is 0.340. The molecule has 2 amide bonds. The third-order valence-corrected chi connectivity index (χ3v) is 3.16. The number of hydroxylamine groups is 1. The fraction of sp³-hybridized carbons (Fsp3) is 0.500. The van der Waals surface area contributed by atoms with Gasteiger partial charge in [-0.15, -0.1) is 5.48 Å². The van der Waals surface area contributed by atoms with Crippen LogP contribution < -0.4 is 5.48 Å². The van der Waals surface area contributed by atoms with Gasteiger partial charge in [0, 0.05) is 6.54 Å². The smallest absolute Gasteiger partial charge is 0.261 e. The molecule has 126 valence electrons. The van der Waals surface area contributed by atoms with Crippen LogP contribution in [0.2, 0.25) is 0 Å². The molecule has 0 saturated heterocycles. The van der Waals surface area contributed by atoms with E-state index in [0.717, 1.165) is 0 Å². The van der Waals surface area contributed by atoms with Crippen LogP contribution in [0, 0.1) is 0 Å². The number of carbonyl (C=O) groups is 2. The first-order valence-electron chi connectivity index (χ1n) is 7.48. The molecule has 7 heteroatoms. The highest BCUT2D eigenvalue weighted by atomic mass is 16.7. The van der Waals surface area contributed by atoms with Gasteiger partial charge in [-0.2, -0.15) is 0 Å². The van der Waals surface area contributed by atoms with E-state index in [4.69, 9.17) is 9.57 Å². The second kappa shape index (κ2) is 7.18. The highest BCUT2D eigenvalue weighted by Crippen LogP contribution is 2.22. The predicted octanol–water partition coefficient (Wildman–Crippen LogP) is 1.28. The maximum Gasteiger partial charge on any atom is 0.261 e. The number of aliphatic hydroxyl groups excluding tert-OH is 1. The molecular weight excluding hydrogens is 300 g/mol. The lowest BCUT2D eigenvalue weighted by atomic mass is 10.1. The molecule has 0 aromatic heterocycles. The van der Waals surface area contributed by atoms with Crippen LogP contribution in [0.15, 0.2) is 24.3 Å². The van der Waals surface area contributed by atoms with E-state index in [9.17, 15) is 14.7 Å². The van der Waals surface area contributed by atoms with Crippen molar-refractivity contribution >= 4 is 11.8 Å². The van der Waals surface area contributed by atoms with Crippen LogP contribution in [0.25, 0.3) is 0 Å². The SMILES string of the molecule is CC(C)(C)OC(O)NOCCCN1C(=O)c2ccccc2C1=O. The van der Waals surface area contributed by atoms with Crippen molar-refractivity contribution in [3.63, 3.8) is 0 Å². The van der Waals surface area contributed by atoms with Crippen molar-refractivity contribution in [2.75, 3.05) is 13.2 Å². The summed E-state index contributed by atoms with van der Waals surface area (Å²) in [5, 5.41) is 9.52. The largest absolute Gasteiger partial charge is 0.354 e. The molecule has 0 aliphatic carbocycles. The fourth-order valence-corrected chi connectivity index (χ4v) is 2.23. The summed E-state index contributed by atoms with van der Waals surface area (Å²) >= 11 is 0. The summed E-state index contributed by atoms with van der Waals surface area (Å²) in [5.41, 5.74) is 2.72. The first kappa shape index (κ1) is 17.6. The standard InChI is InChI=1S/C16H22N2O5/c1-16(2,3)23-15(21)17-22-10-6-9-18-13(19)11-7-4-5-8-12(11)14(18)20/h4-5,7-8,15,17,21H,6,9-10H2,1-3H3. The fourth-order valence-electron chi connectivity index (χ4n) is 2.23. The molecule has 1 aliphatic rings. The average Bonchev–Trinajstić information content (AvgIpc) is 2.70. The summed E-state index contributed by atoms with van der Waals surface area (Å²) in [5.74, 6) is -0.565. The van der Waals surface area contributed by atoms with Crippen LogP contribution in [0.5, 0.6) is 0 Å². The third-order valence-electron chi connectivity index (χ3n) is 3.16. The molecule has 2 N–H and O–H groups in total. The summed E-state index contributed by atoms with van der Waals surface area (Å²) in [6.07, 6.45) is -0.796. The van der Waals surface area contributed by atoms with Crippen LogP contribution in [0.3, 0.4) is 0 Å². The first-order chi connectivity index (χ1) is 10.8. The molecule has 7 nitrogen and oxygen atoms in total. The summed E-state index contributed by atoms with van der Waals surface area (Å²) < 4.78 is 5.19. The molecular formula is C16H22N2O5. The lowest BCUT2D eigenvalue weighted by Crippen LogP contribution is -2.38. The zero-order valence-electron chi connectivity index (χ0n) is 13.5. The predicted molar refractivity (Wildman–Crippen MR) is 82.4 cm³/mol. The van der Waals surface area contributed by atoms with E-state index in [1.54, 1.807) is 45.0 Å². The normalized spacial score (nSPS) is 15.9. The number of nitrogens with one attached hydrogen (secondary N) is 1. The van der Waals surface area contributed by atoms with Gasteiger partial charge in [-0.25, -0.2) is 0 Å². The average molecular weight is 322 g/mol.